The molecule has 0 amide bonds. The Balaban J connectivity index is 0.000000138. The summed E-state index contributed by atoms with van der Waals surface area (Å²) in [7, 11) is 5.89. The molecule has 6 unspecified atom stereocenters. The lowest BCUT2D eigenvalue weighted by atomic mass is 10.1. The second-order valence-corrected chi connectivity index (χ2v) is 22.1. The van der Waals surface area contributed by atoms with Gasteiger partial charge in [0.05, 0.1) is 17.6 Å². The number of amidine groups is 3. The third kappa shape index (κ3) is 13.1. The molecule has 5 aromatic heterocycles. The van der Waals surface area contributed by atoms with Crippen molar-refractivity contribution in [3.05, 3.63) is 166 Å². The van der Waals surface area contributed by atoms with E-state index < -0.39 is 5.82 Å². The molecular weight excluding hydrogens is 1080 g/mol. The van der Waals surface area contributed by atoms with E-state index >= 15 is 0 Å². The van der Waals surface area contributed by atoms with Crippen LogP contribution in [0.5, 0.6) is 0 Å². The van der Waals surface area contributed by atoms with Gasteiger partial charge in [-0.15, -0.1) is 18.4 Å². The average molecular weight is 1150 g/mol. The molecule has 6 heterocycles. The van der Waals surface area contributed by atoms with Crippen molar-refractivity contribution in [2.24, 2.45) is 71.0 Å². The molecule has 3 aliphatic carbocycles. The summed E-state index contributed by atoms with van der Waals surface area (Å²) >= 11 is 6.37. The summed E-state index contributed by atoms with van der Waals surface area (Å²) in [5.74, 6) is 0.497. The second-order valence-electron chi connectivity index (χ2n) is 21.7. The largest absolute Gasteiger partial charge is 0.391 e. The van der Waals surface area contributed by atoms with Crippen molar-refractivity contribution in [2.75, 3.05) is 11.4 Å². The molecule has 82 heavy (non-hydrogen) atoms. The van der Waals surface area contributed by atoms with E-state index in [9.17, 15) is 13.2 Å². The molecular formula is C57H73ClF3N18O3+3. The van der Waals surface area contributed by atoms with Gasteiger partial charge in [0.1, 0.15) is 61.2 Å². The van der Waals surface area contributed by atoms with Gasteiger partial charge < -0.3 is 53.8 Å². The van der Waals surface area contributed by atoms with Crippen LogP contribution in [0.2, 0.25) is 5.02 Å². The maximum absolute atomic E-state index is 14.8. The number of aromatic nitrogens is 8. The van der Waals surface area contributed by atoms with Gasteiger partial charge >= 0.3 is 11.3 Å². The smallest absolute Gasteiger partial charge is 0.307 e. The van der Waals surface area contributed by atoms with E-state index in [0.717, 1.165) is 88.0 Å². The lowest BCUT2D eigenvalue weighted by Gasteiger charge is -2.16. The predicted octanol–water partition coefficient (Wildman–Crippen LogP) is 4.18. The van der Waals surface area contributed by atoms with Gasteiger partial charge in [0.25, 0.3) is 0 Å². The molecule has 4 aliphatic rings. The number of aryl methyl sites for hydroxylation is 3. The summed E-state index contributed by atoms with van der Waals surface area (Å²) in [6, 6.07) is 19.3. The van der Waals surface area contributed by atoms with Crippen molar-refractivity contribution < 1.29 is 41.5 Å². The van der Waals surface area contributed by atoms with Crippen LogP contribution in [0.4, 0.5) is 19.0 Å². The van der Waals surface area contributed by atoms with Gasteiger partial charge in [-0.1, -0.05) is 51.3 Å². The highest BCUT2D eigenvalue weighted by molar-refractivity contribution is 6.31. The molecule has 25 heteroatoms. The number of hydrogen-bond acceptors (Lipinski definition) is 10. The minimum Gasteiger partial charge on any atom is -0.391 e. The molecule has 434 valence electrons. The molecule has 3 fully saturated rings. The molecule has 12 rings (SSSR count). The fourth-order valence-corrected chi connectivity index (χ4v) is 11.2. The van der Waals surface area contributed by atoms with Gasteiger partial charge in [-0.2, -0.15) is 0 Å². The first-order chi connectivity index (χ1) is 39.4. The van der Waals surface area contributed by atoms with Crippen LogP contribution in [0.15, 0.2) is 126 Å². The number of benzene rings is 3. The first-order valence-corrected chi connectivity index (χ1v) is 28.0. The van der Waals surface area contributed by atoms with Crippen LogP contribution in [0.25, 0.3) is 11.3 Å². The maximum Gasteiger partial charge on any atom is 0.307 e. The van der Waals surface area contributed by atoms with E-state index in [1.807, 2.05) is 109 Å². The summed E-state index contributed by atoms with van der Waals surface area (Å²) < 4.78 is 60.0. The normalized spacial score (nSPS) is 21.0. The summed E-state index contributed by atoms with van der Waals surface area (Å²) in [6.45, 7) is 3.02. The minimum absolute atomic E-state index is 0.00425. The number of oxime groups is 3. The molecule has 12 N–H and O–H groups in total. The molecule has 8 aromatic rings. The van der Waals surface area contributed by atoms with Gasteiger partial charge in [0.15, 0.2) is 49.0 Å². The van der Waals surface area contributed by atoms with E-state index in [4.69, 9.17) is 60.5 Å². The number of hydrogen-bond donors (Lipinski definition) is 6. The van der Waals surface area contributed by atoms with E-state index in [0.29, 0.717) is 58.0 Å². The molecule has 0 radical (unpaired) electrons. The Morgan fingerprint density at radius 2 is 1.05 bits per heavy atom. The Kier molecular flexibility index (Phi) is 17.4. The van der Waals surface area contributed by atoms with Crippen LogP contribution in [0.1, 0.15) is 91.2 Å². The maximum atomic E-state index is 14.8. The lowest BCUT2D eigenvalue weighted by molar-refractivity contribution is -0.751. The van der Waals surface area contributed by atoms with Crippen LogP contribution >= 0.6 is 11.6 Å². The quantitative estimate of drug-likeness (QED) is 0.0369. The molecule has 6 atom stereocenters. The Labute approximate surface area is 477 Å². The number of fused-ring (bicyclic) bond motifs is 3. The second kappa shape index (κ2) is 25.0. The molecule has 0 saturated heterocycles. The molecule has 3 saturated carbocycles. The van der Waals surface area contributed by atoms with E-state index in [-0.39, 0.29) is 65.6 Å². The van der Waals surface area contributed by atoms with Crippen LogP contribution in [-0.4, -0.2) is 83.6 Å². The summed E-state index contributed by atoms with van der Waals surface area (Å²) in [5.41, 5.74) is 40.4. The minimum atomic E-state index is -0.439. The molecule has 0 bridgehead atoms. The Hall–Kier alpha value is -8.06. The fourth-order valence-electron chi connectivity index (χ4n) is 10.9. The van der Waals surface area contributed by atoms with Gasteiger partial charge in [-0.05, 0) is 62.8 Å². The third-order valence-electron chi connectivity index (χ3n) is 15.7. The summed E-state index contributed by atoms with van der Waals surface area (Å²) in [4.78, 5) is 18.5. The van der Waals surface area contributed by atoms with Crippen molar-refractivity contribution in [3.8, 4) is 0 Å². The Morgan fingerprint density at radius 3 is 1.52 bits per heavy atom. The lowest BCUT2D eigenvalue weighted by Crippen LogP contribution is -2.37. The Morgan fingerprint density at radius 1 is 0.573 bits per heavy atom. The van der Waals surface area contributed by atoms with Crippen molar-refractivity contribution in [3.63, 3.8) is 0 Å². The number of nitrogens with two attached hydrogens (primary N) is 6. The van der Waals surface area contributed by atoms with E-state index in [2.05, 4.69) is 31.1 Å². The van der Waals surface area contributed by atoms with E-state index in [1.54, 1.807) is 30.3 Å². The first-order valence-electron chi connectivity index (χ1n) is 27.6. The van der Waals surface area contributed by atoms with Crippen molar-refractivity contribution in [2.45, 2.75) is 120 Å². The highest BCUT2D eigenvalue weighted by atomic mass is 35.5. The number of halogens is 4. The predicted molar refractivity (Wildman–Crippen MR) is 304 cm³/mol. The number of imidazole rings is 2. The molecule has 1 aliphatic heterocycles. The van der Waals surface area contributed by atoms with Crippen LogP contribution in [-0.2, 0) is 61.8 Å². The number of anilines is 1. The molecule has 0 spiro atoms. The van der Waals surface area contributed by atoms with Crippen LogP contribution in [0, 0.1) is 17.5 Å². The highest BCUT2D eigenvalue weighted by Gasteiger charge is 2.28. The summed E-state index contributed by atoms with van der Waals surface area (Å²) in [6.07, 6.45) is 21.1. The van der Waals surface area contributed by atoms with E-state index in [1.165, 1.54) is 18.2 Å². The topological polar surface area (TPSA) is 259 Å². The van der Waals surface area contributed by atoms with Crippen molar-refractivity contribution >= 4 is 46.2 Å². The SMILES string of the molecule is C[n+]1ccc2n1CCN2Cc1ccc(C(N)=NOC2CCC(N)C2)cc1F.Cn1ccc2n1cc[n+]2Cc1c(F)cc(C(N)=NOC2CCC(N)C2)cc1Cl.Cn1ccc2n1cc[n+]2Cc1ccc(C(N)=NOC2CCC(N)C2)cc1F. The van der Waals surface area contributed by atoms with Gasteiger partial charge in [-0.25, -0.2) is 31.7 Å². The van der Waals surface area contributed by atoms with Crippen molar-refractivity contribution in [1.82, 2.24) is 23.1 Å². The zero-order valence-electron chi connectivity index (χ0n) is 46.3. The van der Waals surface area contributed by atoms with Crippen molar-refractivity contribution in [1.29, 1.82) is 0 Å². The average Bonchev–Trinajstić information content (AvgIpc) is 4.45. The van der Waals surface area contributed by atoms with Gasteiger partial charge in [0.2, 0.25) is 0 Å². The zero-order chi connectivity index (χ0) is 57.8. The standard InChI is InChI=1S/C19H23ClFN6O.C19H26FN6O.C19H24FN6O/c1-25-5-4-18-26(6-7-27(18)25)11-15-16(20)8-12(9-17(15)21)19(23)24-28-14-3-2-13(22)10-14;2*1-24-7-6-18-25(8-9-26(18)24)12-14-3-2-13(10-17(14)20)19(22)23-27-16-5-4-15(21)11-16/h4-9,13-14H,2-3,10-11,22H2,1H3,(H2,23,24);2-3,6-7,10,15-16H,4-5,8-9,11-12,21H2,1H3,(H2,22,23);2-3,6-10,15-16H,4-5,11-12,21H2,1H3,(H2,22,23)/q3*+1. The number of nitrogens with zero attached hydrogens (tertiary/aromatic N) is 12. The fraction of sp³-hybridized carbons (Fsp3) is 0.404. The monoisotopic (exact) mass is 1150 g/mol. The summed E-state index contributed by atoms with van der Waals surface area (Å²) in [5, 5.41) is 12.2. The third-order valence-corrected chi connectivity index (χ3v) is 16.1. The molecule has 3 aromatic carbocycles. The van der Waals surface area contributed by atoms with Crippen LogP contribution < -0.4 is 53.1 Å². The van der Waals surface area contributed by atoms with Gasteiger partial charge in [-0.3, -0.25) is 0 Å². The Bertz CT molecular complexity index is 3620. The molecule has 21 nitrogen and oxygen atoms in total. The van der Waals surface area contributed by atoms with Gasteiger partial charge in [0, 0.05) is 122 Å². The highest BCUT2D eigenvalue weighted by Crippen LogP contribution is 2.27. The first kappa shape index (κ1) is 57.2. The zero-order valence-corrected chi connectivity index (χ0v) is 47.1. The van der Waals surface area contributed by atoms with Crippen LogP contribution in [0.3, 0.4) is 0 Å². The number of rotatable bonds is 15.